The maximum atomic E-state index is 5.54. The van der Waals surface area contributed by atoms with Crippen molar-refractivity contribution in [1.82, 2.24) is 5.32 Å². The summed E-state index contributed by atoms with van der Waals surface area (Å²) < 4.78 is 16.4. The van der Waals surface area contributed by atoms with Gasteiger partial charge in [0.15, 0.2) is 0 Å². The zero-order chi connectivity index (χ0) is 15.1. The first-order valence-electron chi connectivity index (χ1n) is 7.81. The minimum atomic E-state index is 0.279. The largest absolute Gasteiger partial charge is 0.497 e. The Kier molecular flexibility index (Phi) is 6.33. The maximum absolute atomic E-state index is 5.54. The van der Waals surface area contributed by atoms with Crippen LogP contribution in [0.1, 0.15) is 37.8 Å². The Morgan fingerprint density at radius 3 is 2.81 bits per heavy atom. The Morgan fingerprint density at radius 2 is 2.19 bits per heavy atom. The molecule has 0 saturated carbocycles. The SMILES string of the molecule is CCCNC(CC1CCOC1)c1cc(OC)ccc1OC. The van der Waals surface area contributed by atoms with Gasteiger partial charge < -0.3 is 19.5 Å². The molecule has 4 nitrogen and oxygen atoms in total. The highest BCUT2D eigenvalue weighted by Gasteiger charge is 2.24. The Balaban J connectivity index is 2.20. The van der Waals surface area contributed by atoms with Crippen LogP contribution in [-0.2, 0) is 4.74 Å². The van der Waals surface area contributed by atoms with E-state index < -0.39 is 0 Å². The van der Waals surface area contributed by atoms with Gasteiger partial charge in [-0.1, -0.05) is 6.92 Å². The standard InChI is InChI=1S/C17H27NO3/c1-4-8-18-16(10-13-7-9-21-12-13)15-11-14(19-2)5-6-17(15)20-3/h5-6,11,13,16,18H,4,7-10,12H2,1-3H3. The Labute approximate surface area is 127 Å². The fourth-order valence-electron chi connectivity index (χ4n) is 2.85. The third-order valence-corrected chi connectivity index (χ3v) is 4.05. The van der Waals surface area contributed by atoms with Crippen LogP contribution in [0.4, 0.5) is 0 Å². The predicted molar refractivity (Wildman–Crippen MR) is 84.1 cm³/mol. The number of nitrogens with one attached hydrogen (secondary N) is 1. The molecule has 0 aliphatic carbocycles. The van der Waals surface area contributed by atoms with Gasteiger partial charge in [0, 0.05) is 24.8 Å². The molecule has 1 saturated heterocycles. The highest BCUT2D eigenvalue weighted by atomic mass is 16.5. The topological polar surface area (TPSA) is 39.7 Å². The number of ether oxygens (including phenoxy) is 3. The van der Waals surface area contributed by atoms with Gasteiger partial charge in [0.1, 0.15) is 11.5 Å². The molecule has 1 N–H and O–H groups in total. The van der Waals surface area contributed by atoms with Crippen LogP contribution in [0.5, 0.6) is 11.5 Å². The van der Waals surface area contributed by atoms with Gasteiger partial charge in [-0.15, -0.1) is 0 Å². The third-order valence-electron chi connectivity index (χ3n) is 4.05. The quantitative estimate of drug-likeness (QED) is 0.799. The highest BCUT2D eigenvalue weighted by Crippen LogP contribution is 2.34. The van der Waals surface area contributed by atoms with Crippen molar-refractivity contribution < 1.29 is 14.2 Å². The molecule has 2 unspecified atom stereocenters. The second-order valence-electron chi connectivity index (χ2n) is 5.58. The van der Waals surface area contributed by atoms with E-state index >= 15 is 0 Å². The molecule has 1 fully saturated rings. The van der Waals surface area contributed by atoms with Crippen LogP contribution in [0, 0.1) is 5.92 Å². The molecule has 0 spiro atoms. The average Bonchev–Trinajstić information content (AvgIpc) is 3.03. The predicted octanol–water partition coefficient (Wildman–Crippen LogP) is 3.17. The summed E-state index contributed by atoms with van der Waals surface area (Å²) in [7, 11) is 3.42. The number of hydrogen-bond donors (Lipinski definition) is 1. The molecule has 2 atom stereocenters. The van der Waals surface area contributed by atoms with Crippen molar-refractivity contribution in [3.05, 3.63) is 23.8 Å². The summed E-state index contributed by atoms with van der Waals surface area (Å²) in [5, 5.41) is 3.65. The third kappa shape index (κ3) is 4.35. The molecule has 0 bridgehead atoms. The second-order valence-corrected chi connectivity index (χ2v) is 5.58. The highest BCUT2D eigenvalue weighted by molar-refractivity contribution is 5.42. The molecule has 0 amide bonds. The summed E-state index contributed by atoms with van der Waals surface area (Å²) >= 11 is 0. The van der Waals surface area contributed by atoms with Crippen molar-refractivity contribution in [3.63, 3.8) is 0 Å². The molecule has 0 aromatic heterocycles. The van der Waals surface area contributed by atoms with Crippen molar-refractivity contribution in [2.45, 2.75) is 32.2 Å². The van der Waals surface area contributed by atoms with Crippen molar-refractivity contribution in [2.75, 3.05) is 34.0 Å². The van der Waals surface area contributed by atoms with Crippen LogP contribution in [0.2, 0.25) is 0 Å². The van der Waals surface area contributed by atoms with Crippen molar-refractivity contribution in [1.29, 1.82) is 0 Å². The summed E-state index contributed by atoms with van der Waals surface area (Å²) in [4.78, 5) is 0. The Hall–Kier alpha value is -1.26. The fraction of sp³-hybridized carbons (Fsp3) is 0.647. The first-order chi connectivity index (χ1) is 10.3. The van der Waals surface area contributed by atoms with E-state index in [0.717, 1.165) is 50.5 Å². The zero-order valence-corrected chi connectivity index (χ0v) is 13.4. The lowest BCUT2D eigenvalue weighted by molar-refractivity contribution is 0.181. The van der Waals surface area contributed by atoms with Crippen LogP contribution < -0.4 is 14.8 Å². The minimum Gasteiger partial charge on any atom is -0.497 e. The molecule has 1 aliphatic heterocycles. The lowest BCUT2D eigenvalue weighted by Gasteiger charge is -2.24. The lowest BCUT2D eigenvalue weighted by Crippen LogP contribution is -2.25. The van der Waals surface area contributed by atoms with Gasteiger partial charge in [-0.05, 0) is 49.9 Å². The fourth-order valence-corrected chi connectivity index (χ4v) is 2.85. The molecule has 4 heteroatoms. The molecule has 1 aliphatic rings. The van der Waals surface area contributed by atoms with E-state index in [9.17, 15) is 0 Å². The molecular formula is C17H27NO3. The van der Waals surface area contributed by atoms with E-state index in [0.29, 0.717) is 5.92 Å². The van der Waals surface area contributed by atoms with E-state index in [1.165, 1.54) is 5.56 Å². The van der Waals surface area contributed by atoms with Crippen LogP contribution in [0.15, 0.2) is 18.2 Å². The first-order valence-corrected chi connectivity index (χ1v) is 7.81. The first kappa shape index (κ1) is 16.1. The summed E-state index contributed by atoms with van der Waals surface area (Å²) in [6, 6.07) is 6.29. The van der Waals surface area contributed by atoms with Crippen molar-refractivity contribution >= 4 is 0 Å². The Bertz CT molecular complexity index is 430. The maximum Gasteiger partial charge on any atom is 0.123 e. The summed E-state index contributed by atoms with van der Waals surface area (Å²) in [5.41, 5.74) is 1.18. The van der Waals surface area contributed by atoms with Crippen molar-refractivity contribution in [2.24, 2.45) is 5.92 Å². The molecule has 1 aromatic carbocycles. The van der Waals surface area contributed by atoms with Gasteiger partial charge in [0.2, 0.25) is 0 Å². The van der Waals surface area contributed by atoms with E-state index in [4.69, 9.17) is 14.2 Å². The number of rotatable bonds is 8. The average molecular weight is 293 g/mol. The number of hydrogen-bond acceptors (Lipinski definition) is 4. The molecular weight excluding hydrogens is 266 g/mol. The van der Waals surface area contributed by atoms with Gasteiger partial charge in [0.25, 0.3) is 0 Å². The second kappa shape index (κ2) is 8.25. The smallest absolute Gasteiger partial charge is 0.123 e. The summed E-state index contributed by atoms with van der Waals surface area (Å²) in [6.07, 6.45) is 3.34. The molecule has 21 heavy (non-hydrogen) atoms. The van der Waals surface area contributed by atoms with Crippen LogP contribution >= 0.6 is 0 Å². The van der Waals surface area contributed by atoms with E-state index in [1.54, 1.807) is 14.2 Å². The van der Waals surface area contributed by atoms with E-state index in [-0.39, 0.29) is 6.04 Å². The number of methoxy groups -OCH3 is 2. The van der Waals surface area contributed by atoms with Gasteiger partial charge in [0.05, 0.1) is 14.2 Å². The lowest BCUT2D eigenvalue weighted by atomic mass is 9.93. The molecule has 1 aromatic rings. The monoisotopic (exact) mass is 293 g/mol. The molecule has 118 valence electrons. The minimum absolute atomic E-state index is 0.279. The van der Waals surface area contributed by atoms with Crippen LogP contribution in [-0.4, -0.2) is 34.0 Å². The molecule has 1 heterocycles. The normalized spacial score (nSPS) is 19.5. The van der Waals surface area contributed by atoms with Gasteiger partial charge >= 0.3 is 0 Å². The van der Waals surface area contributed by atoms with Gasteiger partial charge in [-0.25, -0.2) is 0 Å². The van der Waals surface area contributed by atoms with Crippen molar-refractivity contribution in [3.8, 4) is 11.5 Å². The Morgan fingerprint density at radius 1 is 1.33 bits per heavy atom. The van der Waals surface area contributed by atoms with Crippen LogP contribution in [0.25, 0.3) is 0 Å². The summed E-state index contributed by atoms with van der Waals surface area (Å²) in [6.45, 7) is 4.95. The van der Waals surface area contributed by atoms with Crippen LogP contribution in [0.3, 0.4) is 0 Å². The van der Waals surface area contributed by atoms with E-state index in [2.05, 4.69) is 18.3 Å². The molecule has 0 radical (unpaired) electrons. The number of benzene rings is 1. The molecule has 2 rings (SSSR count). The van der Waals surface area contributed by atoms with Gasteiger partial charge in [-0.2, -0.15) is 0 Å². The van der Waals surface area contributed by atoms with Gasteiger partial charge in [-0.3, -0.25) is 0 Å². The summed E-state index contributed by atoms with van der Waals surface area (Å²) in [5.74, 6) is 2.41. The van der Waals surface area contributed by atoms with E-state index in [1.807, 2.05) is 12.1 Å². The zero-order valence-electron chi connectivity index (χ0n) is 13.4.